The molecular weight excluding hydrogens is 101 g/mol. The summed E-state index contributed by atoms with van der Waals surface area (Å²) in [7, 11) is 1.62. The first-order valence-corrected chi connectivity index (χ1v) is 2.24. The van der Waals surface area contributed by atoms with Crippen molar-refractivity contribution in [3.8, 4) is 0 Å². The highest BCUT2D eigenvalue weighted by molar-refractivity contribution is 6.17. The lowest BCUT2D eigenvalue weighted by atomic mass is 10.3. The highest BCUT2D eigenvalue weighted by Crippen LogP contribution is 1.81. The Morgan fingerprint density at radius 3 is 2.25 bits per heavy atom. The van der Waals surface area contributed by atoms with Crippen molar-refractivity contribution in [1.29, 1.82) is 0 Å². The van der Waals surface area contributed by atoms with E-state index in [1.165, 1.54) is 17.1 Å². The summed E-state index contributed by atoms with van der Waals surface area (Å²) in [4.78, 5) is 11.8. The summed E-state index contributed by atoms with van der Waals surface area (Å²) in [6.07, 6.45) is 2.67. The fourth-order valence-corrected chi connectivity index (χ4v) is 0.234. The highest BCUT2D eigenvalue weighted by Gasteiger charge is 1.94. The summed E-state index contributed by atoms with van der Waals surface area (Å²) in [6.45, 7) is 6.68. The number of carbonyl (C=O) groups excluding carboxylic acids is 1. The summed E-state index contributed by atoms with van der Waals surface area (Å²) in [5.74, 6) is -0.139. The largest absolute Gasteiger partial charge is 0.368 e. The van der Waals surface area contributed by atoms with Gasteiger partial charge in [-0.05, 0) is 12.3 Å². The molecule has 0 aliphatic carbocycles. The summed E-state index contributed by atoms with van der Waals surface area (Å²) < 4.78 is 0. The van der Waals surface area contributed by atoms with Crippen LogP contribution in [0.3, 0.4) is 0 Å². The number of rotatable bonds is 2. The van der Waals surface area contributed by atoms with Crippen molar-refractivity contribution in [1.82, 2.24) is 4.81 Å². The zero-order chi connectivity index (χ0) is 6.57. The summed E-state index contributed by atoms with van der Waals surface area (Å²) in [6, 6.07) is 0. The molecular formula is C5H8BNO. The zero-order valence-electron chi connectivity index (χ0n) is 4.92. The van der Waals surface area contributed by atoms with E-state index in [-0.39, 0.29) is 5.91 Å². The van der Waals surface area contributed by atoms with E-state index in [2.05, 4.69) is 13.2 Å². The van der Waals surface area contributed by atoms with Crippen molar-refractivity contribution in [2.45, 2.75) is 0 Å². The van der Waals surface area contributed by atoms with E-state index >= 15 is 0 Å². The van der Waals surface area contributed by atoms with Crippen LogP contribution in [-0.4, -0.2) is 18.7 Å². The lowest BCUT2D eigenvalue weighted by molar-refractivity contribution is -0.120. The fraction of sp³-hybridized carbons (Fsp3) is 0. The maximum absolute atomic E-state index is 10.5. The maximum Gasteiger partial charge on any atom is 0.237 e. The molecule has 0 radical (unpaired) electrons. The van der Waals surface area contributed by atoms with Gasteiger partial charge >= 0.3 is 0 Å². The van der Waals surface area contributed by atoms with Gasteiger partial charge in [-0.2, -0.15) is 0 Å². The number of hydrogen-bond donors (Lipinski definition) is 0. The molecule has 0 rings (SSSR count). The van der Waals surface area contributed by atoms with Crippen molar-refractivity contribution in [2.24, 2.45) is 0 Å². The van der Waals surface area contributed by atoms with Crippen LogP contribution in [-0.2, 0) is 4.79 Å². The van der Waals surface area contributed by atoms with Crippen LogP contribution in [0.2, 0.25) is 0 Å². The number of nitrogens with zero attached hydrogens (tertiary/aromatic N) is 1. The number of hydrogen-bond acceptors (Lipinski definition) is 1. The standard InChI is InChI=1S/C5H8BNO/c1-3-5(8)7(6)4-2/h3-4H,1-2,6H2. The van der Waals surface area contributed by atoms with Gasteiger partial charge < -0.3 is 4.81 Å². The van der Waals surface area contributed by atoms with E-state index in [1.54, 1.807) is 7.98 Å². The third-order valence-corrected chi connectivity index (χ3v) is 0.796. The quantitative estimate of drug-likeness (QED) is 0.352. The van der Waals surface area contributed by atoms with Crippen LogP contribution < -0.4 is 0 Å². The molecule has 2 nitrogen and oxygen atoms in total. The fourth-order valence-electron chi connectivity index (χ4n) is 0.234. The minimum absolute atomic E-state index is 0.139. The van der Waals surface area contributed by atoms with Crippen molar-refractivity contribution in [3.63, 3.8) is 0 Å². The van der Waals surface area contributed by atoms with E-state index in [4.69, 9.17) is 0 Å². The normalized spacial score (nSPS) is 7.50. The van der Waals surface area contributed by atoms with Crippen LogP contribution in [0.25, 0.3) is 0 Å². The first kappa shape index (κ1) is 7.01. The molecule has 0 heterocycles. The Hall–Kier alpha value is -0.985. The van der Waals surface area contributed by atoms with Gasteiger partial charge in [-0.25, -0.2) is 0 Å². The minimum Gasteiger partial charge on any atom is -0.368 e. The van der Waals surface area contributed by atoms with Gasteiger partial charge in [0.1, 0.15) is 0 Å². The van der Waals surface area contributed by atoms with Crippen molar-refractivity contribution >= 4 is 13.9 Å². The topological polar surface area (TPSA) is 20.3 Å². The molecule has 0 unspecified atom stereocenters. The first-order valence-electron chi connectivity index (χ1n) is 2.24. The summed E-state index contributed by atoms with van der Waals surface area (Å²) >= 11 is 0. The van der Waals surface area contributed by atoms with E-state index < -0.39 is 0 Å². The van der Waals surface area contributed by atoms with Gasteiger partial charge in [0.15, 0.2) is 0 Å². The lowest BCUT2D eigenvalue weighted by Gasteiger charge is -2.05. The Balaban J connectivity index is 3.80. The minimum atomic E-state index is -0.139. The predicted molar refractivity (Wildman–Crippen MR) is 35.8 cm³/mol. The lowest BCUT2D eigenvalue weighted by Crippen LogP contribution is -2.18. The molecule has 3 heteroatoms. The molecule has 0 spiro atoms. The molecule has 42 valence electrons. The zero-order valence-corrected chi connectivity index (χ0v) is 4.92. The van der Waals surface area contributed by atoms with Crippen LogP contribution in [0.15, 0.2) is 25.4 Å². The third kappa shape index (κ3) is 1.64. The van der Waals surface area contributed by atoms with Crippen molar-refractivity contribution in [3.05, 3.63) is 25.4 Å². The molecule has 0 aliphatic rings. The molecule has 0 aromatic rings. The Morgan fingerprint density at radius 2 is 2.12 bits per heavy atom. The second kappa shape index (κ2) is 3.07. The molecule has 0 bridgehead atoms. The van der Waals surface area contributed by atoms with Crippen molar-refractivity contribution < 1.29 is 4.79 Å². The van der Waals surface area contributed by atoms with Gasteiger partial charge in [0.25, 0.3) is 0 Å². The molecule has 0 saturated heterocycles. The van der Waals surface area contributed by atoms with E-state index in [0.717, 1.165) is 0 Å². The third-order valence-electron chi connectivity index (χ3n) is 0.796. The maximum atomic E-state index is 10.5. The second-order valence-corrected chi connectivity index (χ2v) is 1.34. The number of carbonyl (C=O) groups is 1. The van der Waals surface area contributed by atoms with Gasteiger partial charge in [-0.3, -0.25) is 4.79 Å². The van der Waals surface area contributed by atoms with Gasteiger partial charge in [0.05, 0.1) is 0 Å². The second-order valence-electron chi connectivity index (χ2n) is 1.34. The van der Waals surface area contributed by atoms with E-state index in [0.29, 0.717) is 0 Å². The first-order chi connectivity index (χ1) is 3.72. The predicted octanol–water partition coefficient (Wildman–Crippen LogP) is -0.307. The molecule has 0 aromatic carbocycles. The highest BCUT2D eigenvalue weighted by atomic mass is 16.2. The van der Waals surface area contributed by atoms with Crippen LogP contribution in [0.5, 0.6) is 0 Å². The molecule has 0 fully saturated rings. The Morgan fingerprint density at radius 1 is 1.62 bits per heavy atom. The Bertz CT molecular complexity index is 122. The molecule has 0 saturated carbocycles. The summed E-state index contributed by atoms with van der Waals surface area (Å²) in [5.41, 5.74) is 0. The van der Waals surface area contributed by atoms with Gasteiger partial charge in [0.2, 0.25) is 13.9 Å². The molecule has 0 atom stereocenters. The number of amides is 1. The molecule has 0 aliphatic heterocycles. The Labute approximate surface area is 49.9 Å². The smallest absolute Gasteiger partial charge is 0.237 e. The van der Waals surface area contributed by atoms with E-state index in [1.807, 2.05) is 0 Å². The monoisotopic (exact) mass is 109 g/mol. The van der Waals surface area contributed by atoms with Gasteiger partial charge in [-0.1, -0.05) is 13.2 Å². The van der Waals surface area contributed by atoms with E-state index in [9.17, 15) is 4.79 Å². The van der Waals surface area contributed by atoms with Crippen LogP contribution in [0, 0.1) is 0 Å². The van der Waals surface area contributed by atoms with Crippen LogP contribution >= 0.6 is 0 Å². The Kier molecular flexibility index (Phi) is 2.70. The molecule has 1 amide bonds. The molecule has 0 N–H and O–H groups in total. The van der Waals surface area contributed by atoms with Crippen LogP contribution in [0.1, 0.15) is 0 Å². The van der Waals surface area contributed by atoms with Crippen LogP contribution in [0.4, 0.5) is 0 Å². The van der Waals surface area contributed by atoms with Gasteiger partial charge in [-0.15, -0.1) is 0 Å². The van der Waals surface area contributed by atoms with Gasteiger partial charge in [0, 0.05) is 0 Å². The van der Waals surface area contributed by atoms with Crippen molar-refractivity contribution in [2.75, 3.05) is 0 Å². The SMILES string of the molecule is BN(C=C)C(=O)C=C. The average Bonchev–Trinajstić information content (AvgIpc) is 1.84. The molecule has 8 heavy (non-hydrogen) atoms. The average molecular weight is 109 g/mol. The summed E-state index contributed by atoms with van der Waals surface area (Å²) in [5, 5.41) is 0. The molecule has 0 aromatic heterocycles.